The van der Waals surface area contributed by atoms with E-state index in [2.05, 4.69) is 103 Å². The molecule has 26 heavy (non-hydrogen) atoms. The second-order valence-corrected chi connectivity index (χ2v) is 8.27. The van der Waals surface area contributed by atoms with Crippen LogP contribution in [0, 0.1) is 0 Å². The minimum Gasteiger partial charge on any atom is -0.260 e. The molecular weight excluding hydrogens is 314 g/mol. The average molecular weight is 348 g/mol. The molecule has 0 saturated carbocycles. The summed E-state index contributed by atoms with van der Waals surface area (Å²) in [4.78, 5) is 5.08. The van der Waals surface area contributed by atoms with Crippen LogP contribution in [0.4, 0.5) is 5.69 Å². The number of aliphatic imine (C=N–C) groups is 1. The van der Waals surface area contributed by atoms with E-state index in [1.54, 1.807) is 0 Å². The van der Waals surface area contributed by atoms with Crippen molar-refractivity contribution in [3.05, 3.63) is 77.4 Å². The predicted octanol–water partition coefficient (Wildman–Crippen LogP) is 7.56. The second kappa shape index (κ2) is 8.49. The Hall–Kier alpha value is -2.15. The van der Waals surface area contributed by atoms with Crippen LogP contribution in [0.5, 0.6) is 0 Å². The van der Waals surface area contributed by atoms with Gasteiger partial charge in [-0.3, -0.25) is 4.99 Å². The fraction of sp³-hybridized carbons (Fsp3) is 0.400. The van der Waals surface area contributed by atoms with Crippen molar-refractivity contribution in [1.82, 2.24) is 0 Å². The molecule has 0 N–H and O–H groups in total. The number of benzene rings is 2. The molecule has 0 saturated heterocycles. The molecule has 0 aliphatic carbocycles. The molecule has 138 valence electrons. The lowest BCUT2D eigenvalue weighted by atomic mass is 9.78. The summed E-state index contributed by atoms with van der Waals surface area (Å²) in [6.07, 6.45) is 3.03. The Morgan fingerprint density at radius 2 is 1.50 bits per heavy atom. The van der Waals surface area contributed by atoms with Gasteiger partial charge in [0.15, 0.2) is 0 Å². The molecule has 1 heteroatoms. The zero-order valence-electron chi connectivity index (χ0n) is 17.2. The molecule has 0 aliphatic rings. The summed E-state index contributed by atoms with van der Waals surface area (Å²) in [5, 5.41) is 0. The summed E-state index contributed by atoms with van der Waals surface area (Å²) in [5.74, 6) is 0.898. The lowest BCUT2D eigenvalue weighted by molar-refractivity contribution is 0.643. The Morgan fingerprint density at radius 1 is 0.962 bits per heavy atom. The number of hydrogen-bond donors (Lipinski definition) is 0. The predicted molar refractivity (Wildman–Crippen MR) is 116 cm³/mol. The molecule has 0 bridgehead atoms. The largest absolute Gasteiger partial charge is 0.260 e. The third kappa shape index (κ3) is 4.72. The zero-order valence-corrected chi connectivity index (χ0v) is 17.2. The lowest BCUT2D eigenvalue weighted by Crippen LogP contribution is -2.24. The van der Waals surface area contributed by atoms with Crippen LogP contribution in [-0.4, -0.2) is 6.21 Å². The van der Waals surface area contributed by atoms with E-state index in [-0.39, 0.29) is 5.41 Å². The molecule has 2 aromatic carbocycles. The van der Waals surface area contributed by atoms with E-state index in [1.165, 1.54) is 22.3 Å². The fourth-order valence-corrected chi connectivity index (χ4v) is 3.54. The Kier molecular flexibility index (Phi) is 6.58. The molecule has 1 unspecified atom stereocenters. The number of para-hydroxylation sites is 1. The van der Waals surface area contributed by atoms with Gasteiger partial charge < -0.3 is 0 Å². The second-order valence-electron chi connectivity index (χ2n) is 8.27. The highest BCUT2D eigenvalue weighted by atomic mass is 14.7. The van der Waals surface area contributed by atoms with Crippen LogP contribution in [0.25, 0.3) is 0 Å². The van der Waals surface area contributed by atoms with Crippen molar-refractivity contribution >= 4 is 11.9 Å². The molecule has 0 aliphatic heterocycles. The Labute approximate surface area is 159 Å². The SMILES string of the molecule is C=C(C)CC(C)(C=Nc1c(C(C)C)cccc1C(C)C)c1ccccc1. The lowest BCUT2D eigenvalue weighted by Gasteiger charge is -2.27. The van der Waals surface area contributed by atoms with Crippen LogP contribution in [0.15, 0.2) is 65.7 Å². The van der Waals surface area contributed by atoms with E-state index in [4.69, 9.17) is 4.99 Å². The normalized spacial score (nSPS) is 14.2. The molecule has 0 radical (unpaired) electrons. The Morgan fingerprint density at radius 3 is 1.96 bits per heavy atom. The highest BCUT2D eigenvalue weighted by molar-refractivity contribution is 5.78. The first kappa shape index (κ1) is 20.2. The van der Waals surface area contributed by atoms with E-state index in [9.17, 15) is 0 Å². The van der Waals surface area contributed by atoms with Crippen molar-refractivity contribution < 1.29 is 0 Å². The van der Waals surface area contributed by atoms with Gasteiger partial charge in [0.05, 0.1) is 5.69 Å². The van der Waals surface area contributed by atoms with Crippen LogP contribution in [0.3, 0.4) is 0 Å². The fourth-order valence-electron chi connectivity index (χ4n) is 3.54. The number of hydrogen-bond acceptors (Lipinski definition) is 1. The quantitative estimate of drug-likeness (QED) is 0.362. The van der Waals surface area contributed by atoms with Crippen LogP contribution in [0.2, 0.25) is 0 Å². The molecule has 0 aromatic heterocycles. The van der Waals surface area contributed by atoms with Gasteiger partial charge in [0, 0.05) is 11.6 Å². The summed E-state index contributed by atoms with van der Waals surface area (Å²) in [6, 6.07) is 17.2. The molecular formula is C25H33N. The van der Waals surface area contributed by atoms with Gasteiger partial charge in [-0.15, -0.1) is 6.58 Å². The summed E-state index contributed by atoms with van der Waals surface area (Å²) in [6.45, 7) is 17.5. The third-order valence-corrected chi connectivity index (χ3v) is 4.92. The minimum absolute atomic E-state index is 0.161. The summed E-state index contributed by atoms with van der Waals surface area (Å²) in [5.41, 5.74) is 6.06. The van der Waals surface area contributed by atoms with Gasteiger partial charge in [0.25, 0.3) is 0 Å². The monoisotopic (exact) mass is 347 g/mol. The molecule has 0 amide bonds. The molecule has 2 rings (SSSR count). The van der Waals surface area contributed by atoms with Crippen molar-refractivity contribution in [2.24, 2.45) is 4.99 Å². The van der Waals surface area contributed by atoms with Crippen molar-refractivity contribution in [3.63, 3.8) is 0 Å². The molecule has 1 nitrogen and oxygen atoms in total. The standard InChI is InChI=1S/C25H33N/c1-18(2)16-25(7,21-12-9-8-10-13-21)17-26-24-22(19(3)4)14-11-15-23(24)20(5)6/h8-15,17,19-20H,1,16H2,2-7H3. The van der Waals surface area contributed by atoms with Crippen LogP contribution in [0.1, 0.15) is 76.5 Å². The number of allylic oxidation sites excluding steroid dienone is 1. The maximum absolute atomic E-state index is 5.08. The first-order valence-corrected chi connectivity index (χ1v) is 9.62. The van der Waals surface area contributed by atoms with Gasteiger partial charge in [-0.1, -0.05) is 88.7 Å². The first-order chi connectivity index (χ1) is 12.2. The smallest absolute Gasteiger partial charge is 0.0695 e. The molecule has 1 atom stereocenters. The minimum atomic E-state index is -0.161. The van der Waals surface area contributed by atoms with E-state index in [0.29, 0.717) is 11.8 Å². The van der Waals surface area contributed by atoms with Crippen LogP contribution in [-0.2, 0) is 5.41 Å². The van der Waals surface area contributed by atoms with Crippen molar-refractivity contribution in [2.45, 2.75) is 65.2 Å². The van der Waals surface area contributed by atoms with Crippen molar-refractivity contribution in [3.8, 4) is 0 Å². The molecule has 2 aromatic rings. The van der Waals surface area contributed by atoms with Crippen molar-refractivity contribution in [1.29, 1.82) is 0 Å². The number of rotatable bonds is 7. The zero-order chi connectivity index (χ0) is 19.3. The van der Waals surface area contributed by atoms with E-state index >= 15 is 0 Å². The topological polar surface area (TPSA) is 12.4 Å². The Bertz CT molecular complexity index is 742. The average Bonchev–Trinajstić information content (AvgIpc) is 2.59. The maximum Gasteiger partial charge on any atom is 0.0695 e. The van der Waals surface area contributed by atoms with Crippen molar-refractivity contribution in [2.75, 3.05) is 0 Å². The van der Waals surface area contributed by atoms with Gasteiger partial charge >= 0.3 is 0 Å². The summed E-state index contributed by atoms with van der Waals surface area (Å²) >= 11 is 0. The van der Waals surface area contributed by atoms with Crippen LogP contribution >= 0.6 is 0 Å². The Balaban J connectivity index is 2.56. The highest BCUT2D eigenvalue weighted by Crippen LogP contribution is 2.36. The summed E-state index contributed by atoms with van der Waals surface area (Å²) < 4.78 is 0. The number of nitrogens with zero attached hydrogens (tertiary/aromatic N) is 1. The van der Waals surface area contributed by atoms with Gasteiger partial charge in [0.1, 0.15) is 0 Å². The first-order valence-electron chi connectivity index (χ1n) is 9.62. The van der Waals surface area contributed by atoms with E-state index in [1.807, 2.05) is 0 Å². The van der Waals surface area contributed by atoms with Gasteiger partial charge in [-0.25, -0.2) is 0 Å². The molecule has 0 spiro atoms. The van der Waals surface area contributed by atoms with Gasteiger partial charge in [0.2, 0.25) is 0 Å². The highest BCUT2D eigenvalue weighted by Gasteiger charge is 2.25. The maximum atomic E-state index is 5.08. The van der Waals surface area contributed by atoms with Gasteiger partial charge in [-0.2, -0.15) is 0 Å². The van der Waals surface area contributed by atoms with E-state index < -0.39 is 0 Å². The van der Waals surface area contributed by atoms with E-state index in [0.717, 1.165) is 12.1 Å². The van der Waals surface area contributed by atoms with Gasteiger partial charge in [-0.05, 0) is 41.9 Å². The third-order valence-electron chi connectivity index (χ3n) is 4.92. The van der Waals surface area contributed by atoms with Crippen LogP contribution < -0.4 is 0 Å². The molecule has 0 fully saturated rings. The molecule has 0 heterocycles. The summed E-state index contributed by atoms with van der Waals surface area (Å²) in [7, 11) is 0.